The molecule has 0 bridgehead atoms. The Bertz CT molecular complexity index is 563. The molecule has 1 atom stereocenters. The highest BCUT2D eigenvalue weighted by Crippen LogP contribution is 2.20. The van der Waals surface area contributed by atoms with Crippen molar-refractivity contribution in [3.63, 3.8) is 0 Å². The lowest BCUT2D eigenvalue weighted by Gasteiger charge is -2.18. The third-order valence-electron chi connectivity index (χ3n) is 3.50. The Labute approximate surface area is 119 Å². The van der Waals surface area contributed by atoms with Gasteiger partial charge in [-0.2, -0.15) is 5.10 Å². The number of nitrogens with zero attached hydrogens (tertiary/aromatic N) is 2. The van der Waals surface area contributed by atoms with Gasteiger partial charge in [-0.25, -0.2) is 4.39 Å². The fourth-order valence-electron chi connectivity index (χ4n) is 2.42. The second-order valence-electron chi connectivity index (χ2n) is 4.97. The van der Waals surface area contributed by atoms with Gasteiger partial charge in [0.2, 0.25) is 0 Å². The van der Waals surface area contributed by atoms with Gasteiger partial charge in [-0.05, 0) is 36.7 Å². The summed E-state index contributed by atoms with van der Waals surface area (Å²) in [5.41, 5.74) is 3.24. The Hall–Kier alpha value is -1.68. The summed E-state index contributed by atoms with van der Waals surface area (Å²) in [5, 5.41) is 7.89. The van der Waals surface area contributed by atoms with Crippen molar-refractivity contribution in [1.29, 1.82) is 0 Å². The summed E-state index contributed by atoms with van der Waals surface area (Å²) in [6.45, 7) is 5.01. The van der Waals surface area contributed by atoms with Crippen LogP contribution in [-0.2, 0) is 19.9 Å². The Morgan fingerprint density at radius 2 is 2.10 bits per heavy atom. The molecule has 2 rings (SSSR count). The van der Waals surface area contributed by atoms with Gasteiger partial charge < -0.3 is 5.32 Å². The lowest BCUT2D eigenvalue weighted by atomic mass is 10.0. The molecular weight excluding hydrogens is 253 g/mol. The zero-order chi connectivity index (χ0) is 14.5. The molecule has 0 saturated heterocycles. The van der Waals surface area contributed by atoms with Crippen molar-refractivity contribution >= 4 is 0 Å². The van der Waals surface area contributed by atoms with Gasteiger partial charge in [-0.1, -0.05) is 26.0 Å². The first-order chi connectivity index (χ1) is 9.63. The van der Waals surface area contributed by atoms with Gasteiger partial charge in [0.05, 0.1) is 5.69 Å². The smallest absolute Gasteiger partial charge is 0.123 e. The Morgan fingerprint density at radius 3 is 2.70 bits per heavy atom. The van der Waals surface area contributed by atoms with E-state index in [1.165, 1.54) is 6.07 Å². The number of rotatable bonds is 6. The number of likely N-dealkylation sites (N-methyl/N-ethyl adjacent to an activating group) is 1. The molecule has 1 heterocycles. The zero-order valence-electron chi connectivity index (χ0n) is 12.4. The zero-order valence-corrected chi connectivity index (χ0v) is 12.4. The van der Waals surface area contributed by atoms with Crippen LogP contribution in [0.2, 0.25) is 0 Å². The molecule has 108 valence electrons. The van der Waals surface area contributed by atoms with E-state index in [0.29, 0.717) is 0 Å². The van der Waals surface area contributed by atoms with Crippen LogP contribution in [0, 0.1) is 5.82 Å². The largest absolute Gasteiger partial charge is 0.310 e. The van der Waals surface area contributed by atoms with Crippen LogP contribution in [0.25, 0.3) is 0 Å². The first kappa shape index (κ1) is 14.7. The maximum absolute atomic E-state index is 13.4. The molecule has 0 amide bonds. The topological polar surface area (TPSA) is 29.9 Å². The van der Waals surface area contributed by atoms with Gasteiger partial charge in [-0.15, -0.1) is 0 Å². The van der Waals surface area contributed by atoms with E-state index >= 15 is 0 Å². The van der Waals surface area contributed by atoms with Crippen LogP contribution in [-0.4, -0.2) is 16.3 Å². The van der Waals surface area contributed by atoms with Crippen molar-refractivity contribution in [1.82, 2.24) is 15.1 Å². The molecule has 0 spiro atoms. The second-order valence-corrected chi connectivity index (χ2v) is 4.97. The molecule has 20 heavy (non-hydrogen) atoms. The van der Waals surface area contributed by atoms with Gasteiger partial charge in [0, 0.05) is 25.2 Å². The van der Waals surface area contributed by atoms with Crippen molar-refractivity contribution < 1.29 is 4.39 Å². The summed E-state index contributed by atoms with van der Waals surface area (Å²) in [7, 11) is 1.96. The number of benzene rings is 1. The predicted octanol–water partition coefficient (Wildman–Crippen LogP) is 3.01. The first-order valence-corrected chi connectivity index (χ1v) is 7.14. The van der Waals surface area contributed by atoms with Crippen molar-refractivity contribution in [2.24, 2.45) is 7.05 Å². The second kappa shape index (κ2) is 6.66. The molecule has 4 heteroatoms. The van der Waals surface area contributed by atoms with E-state index < -0.39 is 0 Å². The van der Waals surface area contributed by atoms with Crippen molar-refractivity contribution in [2.45, 2.75) is 32.7 Å². The van der Waals surface area contributed by atoms with Crippen LogP contribution >= 0.6 is 0 Å². The lowest BCUT2D eigenvalue weighted by Crippen LogP contribution is -2.24. The van der Waals surface area contributed by atoms with Crippen LogP contribution < -0.4 is 5.32 Å². The minimum Gasteiger partial charge on any atom is -0.310 e. The van der Waals surface area contributed by atoms with Crippen LogP contribution in [0.3, 0.4) is 0 Å². The summed E-state index contributed by atoms with van der Waals surface area (Å²) in [6.07, 6.45) is 1.74. The highest BCUT2D eigenvalue weighted by atomic mass is 19.1. The van der Waals surface area contributed by atoms with Crippen LogP contribution in [0.15, 0.2) is 30.3 Å². The molecule has 1 unspecified atom stereocenters. The fraction of sp³-hybridized carbons (Fsp3) is 0.438. The van der Waals surface area contributed by atoms with Crippen molar-refractivity contribution in [3.05, 3.63) is 53.1 Å². The number of nitrogens with one attached hydrogen (secondary N) is 1. The number of halogens is 1. The van der Waals surface area contributed by atoms with Gasteiger partial charge in [-0.3, -0.25) is 4.68 Å². The normalized spacial score (nSPS) is 12.6. The van der Waals surface area contributed by atoms with Crippen molar-refractivity contribution in [2.75, 3.05) is 6.54 Å². The van der Waals surface area contributed by atoms with E-state index in [-0.39, 0.29) is 11.9 Å². The number of aryl methyl sites for hydroxylation is 2. The van der Waals surface area contributed by atoms with Crippen LogP contribution in [0.1, 0.15) is 36.8 Å². The summed E-state index contributed by atoms with van der Waals surface area (Å²) >= 11 is 0. The molecule has 3 nitrogen and oxygen atoms in total. The van der Waals surface area contributed by atoms with Crippen LogP contribution in [0.4, 0.5) is 4.39 Å². The van der Waals surface area contributed by atoms with Crippen molar-refractivity contribution in [3.8, 4) is 0 Å². The average molecular weight is 275 g/mol. The quantitative estimate of drug-likeness (QED) is 0.878. The maximum Gasteiger partial charge on any atom is 0.123 e. The lowest BCUT2D eigenvalue weighted by molar-refractivity contribution is 0.523. The molecule has 1 aromatic carbocycles. The highest BCUT2D eigenvalue weighted by Gasteiger charge is 2.14. The summed E-state index contributed by atoms with van der Waals surface area (Å²) in [5.74, 6) is -0.190. The molecule has 1 aromatic heterocycles. The van der Waals surface area contributed by atoms with E-state index in [2.05, 4.69) is 30.3 Å². The molecule has 0 aliphatic rings. The molecule has 2 aromatic rings. The third kappa shape index (κ3) is 3.45. The van der Waals surface area contributed by atoms with E-state index in [9.17, 15) is 4.39 Å². The average Bonchev–Trinajstić information content (AvgIpc) is 2.79. The van der Waals surface area contributed by atoms with Gasteiger partial charge in [0.1, 0.15) is 5.82 Å². The number of aromatic nitrogens is 2. The molecule has 0 fully saturated rings. The standard InChI is InChI=1S/C16H22FN3/c1-4-14-10-15(20(3)19-14)11-16(18-5-2)12-7-6-8-13(17)9-12/h6-10,16,18H,4-5,11H2,1-3H3. The summed E-state index contributed by atoms with van der Waals surface area (Å²) < 4.78 is 15.3. The van der Waals surface area contributed by atoms with Gasteiger partial charge >= 0.3 is 0 Å². The Morgan fingerprint density at radius 1 is 1.30 bits per heavy atom. The van der Waals surface area contributed by atoms with Crippen LogP contribution in [0.5, 0.6) is 0 Å². The Balaban J connectivity index is 2.22. The van der Waals surface area contributed by atoms with Gasteiger partial charge in [0.25, 0.3) is 0 Å². The monoisotopic (exact) mass is 275 g/mol. The molecule has 0 saturated carbocycles. The molecule has 0 aliphatic carbocycles. The number of hydrogen-bond donors (Lipinski definition) is 1. The van der Waals surface area contributed by atoms with E-state index in [0.717, 1.165) is 36.3 Å². The predicted molar refractivity (Wildman–Crippen MR) is 79.1 cm³/mol. The van der Waals surface area contributed by atoms with E-state index in [4.69, 9.17) is 0 Å². The highest BCUT2D eigenvalue weighted by molar-refractivity contribution is 5.23. The van der Waals surface area contributed by atoms with E-state index in [1.807, 2.05) is 17.8 Å². The molecule has 0 radical (unpaired) electrons. The van der Waals surface area contributed by atoms with E-state index in [1.54, 1.807) is 12.1 Å². The first-order valence-electron chi connectivity index (χ1n) is 7.14. The number of hydrogen-bond acceptors (Lipinski definition) is 2. The maximum atomic E-state index is 13.4. The minimum absolute atomic E-state index is 0.107. The summed E-state index contributed by atoms with van der Waals surface area (Å²) in [4.78, 5) is 0. The molecular formula is C16H22FN3. The SMILES string of the molecule is CCNC(Cc1cc(CC)nn1C)c1cccc(F)c1. The minimum atomic E-state index is -0.190. The van der Waals surface area contributed by atoms with Gasteiger partial charge in [0.15, 0.2) is 0 Å². The third-order valence-corrected chi connectivity index (χ3v) is 3.50. The summed E-state index contributed by atoms with van der Waals surface area (Å²) in [6, 6.07) is 9.04. The fourth-order valence-corrected chi connectivity index (χ4v) is 2.42. The Kier molecular flexibility index (Phi) is 4.90. The molecule has 1 N–H and O–H groups in total. The molecule has 0 aliphatic heterocycles.